The van der Waals surface area contributed by atoms with Gasteiger partial charge in [-0.05, 0) is 47.1 Å². The zero-order chi connectivity index (χ0) is 18.8. The topological polar surface area (TPSA) is 51.5 Å². The second-order valence-electron chi connectivity index (χ2n) is 6.45. The largest absolute Gasteiger partial charge is 0.490 e. The molecule has 7 heteroatoms. The molecule has 2 heterocycles. The maximum absolute atomic E-state index is 12.8. The molecule has 1 aromatic heterocycles. The van der Waals surface area contributed by atoms with Gasteiger partial charge < -0.3 is 14.2 Å². The first kappa shape index (κ1) is 19.0. The highest BCUT2D eigenvalue weighted by molar-refractivity contribution is 9.10. The van der Waals surface area contributed by atoms with Crippen molar-refractivity contribution in [3.63, 3.8) is 0 Å². The van der Waals surface area contributed by atoms with Crippen LogP contribution in [0.5, 0.6) is 5.75 Å². The lowest BCUT2D eigenvalue weighted by atomic mass is 10.1. The molecule has 0 aliphatic carbocycles. The monoisotopic (exact) mass is 438 g/mol. The fraction of sp³-hybridized carbons (Fsp3) is 0.368. The number of ether oxygens (including phenoxy) is 1. The van der Waals surface area contributed by atoms with E-state index in [2.05, 4.69) is 15.9 Å². The molecule has 138 valence electrons. The first-order chi connectivity index (χ1) is 12.4. The first-order valence-electron chi connectivity index (χ1n) is 8.44. The van der Waals surface area contributed by atoms with E-state index in [1.165, 1.54) is 0 Å². The Kier molecular flexibility index (Phi) is 5.73. The fourth-order valence-corrected chi connectivity index (χ4v) is 3.61. The Bertz CT molecular complexity index is 872. The van der Waals surface area contributed by atoms with Crippen LogP contribution in [0, 0.1) is 6.92 Å². The molecule has 5 nitrogen and oxygen atoms in total. The van der Waals surface area contributed by atoms with E-state index in [-0.39, 0.29) is 23.0 Å². The van der Waals surface area contributed by atoms with Crippen LogP contribution in [-0.2, 0) is 7.05 Å². The smallest absolute Gasteiger partial charge is 0.259 e. The molecule has 0 saturated carbocycles. The Hall–Kier alpha value is -1.79. The van der Waals surface area contributed by atoms with Crippen molar-refractivity contribution in [2.45, 2.75) is 25.9 Å². The fourth-order valence-electron chi connectivity index (χ4n) is 2.99. The standard InChI is InChI=1S/C19H20BrClN2O3/c1-12-17(20)18(24)16(11-22(12)2)19(25)23-9-7-15(8-10-23)26-14-5-3-13(21)4-6-14/h3-6,11,15H,7-10H2,1-2H3. The molecule has 2 aromatic rings. The van der Waals surface area contributed by atoms with Gasteiger partial charge in [-0.25, -0.2) is 0 Å². The number of carbonyl (C=O) groups excluding carboxylic acids is 1. The molecule has 0 radical (unpaired) electrons. The molecule has 3 rings (SSSR count). The van der Waals surface area contributed by atoms with Crippen LogP contribution in [0.3, 0.4) is 0 Å². The lowest BCUT2D eigenvalue weighted by Crippen LogP contribution is -2.43. The van der Waals surface area contributed by atoms with Crippen molar-refractivity contribution in [1.82, 2.24) is 9.47 Å². The molecule has 1 aromatic carbocycles. The molecule has 1 amide bonds. The third-order valence-electron chi connectivity index (χ3n) is 4.69. The van der Waals surface area contributed by atoms with E-state index in [1.807, 2.05) is 26.1 Å². The summed E-state index contributed by atoms with van der Waals surface area (Å²) in [5.74, 6) is 0.548. The maximum Gasteiger partial charge on any atom is 0.259 e. The van der Waals surface area contributed by atoms with Gasteiger partial charge in [0.1, 0.15) is 17.4 Å². The van der Waals surface area contributed by atoms with E-state index in [1.54, 1.807) is 27.8 Å². The zero-order valence-electron chi connectivity index (χ0n) is 14.7. The molecular formula is C19H20BrClN2O3. The van der Waals surface area contributed by atoms with Gasteiger partial charge in [0.25, 0.3) is 5.91 Å². The number of hydrogen-bond donors (Lipinski definition) is 0. The second-order valence-corrected chi connectivity index (χ2v) is 7.67. The Morgan fingerprint density at radius 3 is 2.46 bits per heavy atom. The first-order valence-corrected chi connectivity index (χ1v) is 9.61. The number of carbonyl (C=O) groups is 1. The van der Waals surface area contributed by atoms with Crippen LogP contribution in [0.25, 0.3) is 0 Å². The number of benzene rings is 1. The van der Waals surface area contributed by atoms with Gasteiger partial charge in [0.15, 0.2) is 0 Å². The molecule has 0 spiro atoms. The molecule has 0 atom stereocenters. The number of rotatable bonds is 3. The van der Waals surface area contributed by atoms with Gasteiger partial charge in [-0.2, -0.15) is 0 Å². The van der Waals surface area contributed by atoms with Gasteiger partial charge in [0, 0.05) is 49.9 Å². The average molecular weight is 440 g/mol. The second kappa shape index (κ2) is 7.84. The van der Waals surface area contributed by atoms with E-state index in [4.69, 9.17) is 16.3 Å². The van der Waals surface area contributed by atoms with Crippen LogP contribution in [0.4, 0.5) is 0 Å². The minimum absolute atomic E-state index is 0.0489. The SMILES string of the molecule is Cc1c(Br)c(=O)c(C(=O)N2CCC(Oc3ccc(Cl)cc3)CC2)cn1C. The summed E-state index contributed by atoms with van der Waals surface area (Å²) >= 11 is 9.17. The van der Waals surface area contributed by atoms with E-state index < -0.39 is 0 Å². The van der Waals surface area contributed by atoms with Crippen LogP contribution in [0.1, 0.15) is 28.9 Å². The normalized spacial score (nSPS) is 15.2. The van der Waals surface area contributed by atoms with Crippen molar-refractivity contribution in [3.05, 3.63) is 61.4 Å². The Labute approximate surface area is 165 Å². The summed E-state index contributed by atoms with van der Waals surface area (Å²) in [7, 11) is 1.82. The van der Waals surface area contributed by atoms with Gasteiger partial charge in [-0.3, -0.25) is 9.59 Å². The van der Waals surface area contributed by atoms with E-state index >= 15 is 0 Å². The number of aryl methyl sites for hydroxylation is 1. The minimum atomic E-state index is -0.259. The molecule has 0 unspecified atom stereocenters. The average Bonchev–Trinajstić information content (AvgIpc) is 2.65. The van der Waals surface area contributed by atoms with Crippen molar-refractivity contribution in [3.8, 4) is 5.75 Å². The van der Waals surface area contributed by atoms with Crippen molar-refractivity contribution < 1.29 is 9.53 Å². The lowest BCUT2D eigenvalue weighted by Gasteiger charge is -2.32. The Morgan fingerprint density at radius 2 is 1.85 bits per heavy atom. The number of piperidine rings is 1. The third-order valence-corrected chi connectivity index (χ3v) is 5.88. The van der Waals surface area contributed by atoms with E-state index in [9.17, 15) is 9.59 Å². The van der Waals surface area contributed by atoms with Gasteiger partial charge in [-0.15, -0.1) is 0 Å². The van der Waals surface area contributed by atoms with Crippen molar-refractivity contribution >= 4 is 33.4 Å². The summed E-state index contributed by atoms with van der Waals surface area (Å²) in [5.41, 5.74) is 0.730. The highest BCUT2D eigenvalue weighted by Crippen LogP contribution is 2.22. The van der Waals surface area contributed by atoms with Crippen LogP contribution < -0.4 is 10.2 Å². The van der Waals surface area contributed by atoms with Crippen molar-refractivity contribution in [2.75, 3.05) is 13.1 Å². The highest BCUT2D eigenvalue weighted by Gasteiger charge is 2.27. The summed E-state index contributed by atoms with van der Waals surface area (Å²) in [6.07, 6.45) is 3.11. The predicted molar refractivity (Wildman–Crippen MR) is 105 cm³/mol. The predicted octanol–water partition coefficient (Wildman–Crippen LogP) is 3.79. The molecule has 26 heavy (non-hydrogen) atoms. The molecule has 1 aliphatic rings. The van der Waals surface area contributed by atoms with E-state index in [0.717, 1.165) is 24.3 Å². The summed E-state index contributed by atoms with van der Waals surface area (Å²) < 4.78 is 8.18. The Morgan fingerprint density at radius 1 is 1.23 bits per heavy atom. The van der Waals surface area contributed by atoms with E-state index in [0.29, 0.717) is 22.6 Å². The Balaban J connectivity index is 1.65. The molecule has 1 aliphatic heterocycles. The lowest BCUT2D eigenvalue weighted by molar-refractivity contribution is 0.0593. The molecule has 1 saturated heterocycles. The summed E-state index contributed by atoms with van der Waals surface area (Å²) in [6, 6.07) is 7.27. The molecule has 0 N–H and O–H groups in total. The summed E-state index contributed by atoms with van der Waals surface area (Å²) in [5, 5.41) is 0.670. The van der Waals surface area contributed by atoms with Crippen molar-refractivity contribution in [2.24, 2.45) is 7.05 Å². The molecular weight excluding hydrogens is 420 g/mol. The number of pyridine rings is 1. The number of nitrogens with zero attached hydrogens (tertiary/aromatic N) is 2. The van der Waals surface area contributed by atoms with Crippen LogP contribution >= 0.6 is 27.5 Å². The summed E-state index contributed by atoms with van der Waals surface area (Å²) in [6.45, 7) is 2.96. The molecule has 0 bridgehead atoms. The van der Waals surface area contributed by atoms with Gasteiger partial charge in [0.05, 0.1) is 4.47 Å². The number of aromatic nitrogens is 1. The van der Waals surface area contributed by atoms with Crippen molar-refractivity contribution in [1.29, 1.82) is 0 Å². The quantitative estimate of drug-likeness (QED) is 0.731. The van der Waals surface area contributed by atoms with Crippen LogP contribution in [-0.4, -0.2) is 34.6 Å². The van der Waals surface area contributed by atoms with Crippen LogP contribution in [0.15, 0.2) is 39.7 Å². The minimum Gasteiger partial charge on any atom is -0.490 e. The van der Waals surface area contributed by atoms with Gasteiger partial charge in [-0.1, -0.05) is 11.6 Å². The number of hydrogen-bond acceptors (Lipinski definition) is 3. The number of halogens is 2. The maximum atomic E-state index is 12.8. The number of amides is 1. The zero-order valence-corrected chi connectivity index (χ0v) is 17.0. The summed E-state index contributed by atoms with van der Waals surface area (Å²) in [4.78, 5) is 26.9. The highest BCUT2D eigenvalue weighted by atomic mass is 79.9. The van der Waals surface area contributed by atoms with Crippen LogP contribution in [0.2, 0.25) is 5.02 Å². The number of likely N-dealkylation sites (tertiary alicyclic amines) is 1. The van der Waals surface area contributed by atoms with Gasteiger partial charge >= 0.3 is 0 Å². The molecule has 1 fully saturated rings. The third kappa shape index (κ3) is 3.96. The van der Waals surface area contributed by atoms with Gasteiger partial charge in [0.2, 0.25) is 5.43 Å².